The molecule has 0 unspecified atom stereocenters. The summed E-state index contributed by atoms with van der Waals surface area (Å²) in [4.78, 5) is 23.7. The number of nitrogens with one attached hydrogen (secondary N) is 2. The molecule has 20 heavy (non-hydrogen) atoms. The van der Waals surface area contributed by atoms with Crippen molar-refractivity contribution < 1.29 is 19.6 Å². The summed E-state index contributed by atoms with van der Waals surface area (Å²) < 4.78 is 4.57. The van der Waals surface area contributed by atoms with Gasteiger partial charge in [-0.1, -0.05) is 0 Å². The molecule has 1 aromatic carbocycles. The maximum atomic E-state index is 11.9. The number of carbonyl (C=O) groups is 2. The second-order valence-electron chi connectivity index (χ2n) is 4.43. The van der Waals surface area contributed by atoms with E-state index in [-0.39, 0.29) is 11.9 Å². The first-order valence-electron chi connectivity index (χ1n) is 6.41. The van der Waals surface area contributed by atoms with Crippen LogP contribution in [0, 0.1) is 5.31 Å². The Hall–Kier alpha value is -2.02. The Morgan fingerprint density at radius 2 is 2.05 bits per heavy atom. The normalized spacial score (nSPS) is 12.9. The number of carbonyl (C=O) groups excluding carboxylic acids is 2. The summed E-state index contributed by atoms with van der Waals surface area (Å²) in [6, 6.07) is 8.24. The Morgan fingerprint density at radius 3 is 2.60 bits per heavy atom. The fourth-order valence-corrected chi connectivity index (χ4v) is 1.64. The minimum atomic E-state index is -0.797. The summed E-state index contributed by atoms with van der Waals surface area (Å²) in [7, 11) is 2.36. The quantitative estimate of drug-likeness (QED) is 0.570. The van der Waals surface area contributed by atoms with Crippen LogP contribution >= 0.6 is 0 Å². The summed E-state index contributed by atoms with van der Waals surface area (Å²) in [6.07, 6.45) is 0.329. The van der Waals surface area contributed by atoms with Gasteiger partial charge in [-0.15, -0.1) is 0 Å². The molecule has 0 aliphatic rings. The molecule has 0 aromatic heterocycles. The van der Waals surface area contributed by atoms with E-state index in [0.717, 1.165) is 5.56 Å². The minimum absolute atomic E-state index is 0.240. The van der Waals surface area contributed by atoms with E-state index in [1.807, 2.05) is 30.3 Å². The van der Waals surface area contributed by atoms with Crippen LogP contribution in [-0.4, -0.2) is 38.3 Å². The summed E-state index contributed by atoms with van der Waals surface area (Å²) in [5.74, 6) is -0.879. The molecule has 106 valence electrons. The molecule has 1 aromatic rings. The second-order valence-corrected chi connectivity index (χ2v) is 4.43. The third-order valence-corrected chi connectivity index (χ3v) is 2.97. The van der Waals surface area contributed by atoms with E-state index in [2.05, 4.69) is 9.97 Å². The van der Waals surface area contributed by atoms with Gasteiger partial charge in [0.1, 0.15) is 0 Å². The number of nitrogens with two attached hydrogens (primary N) is 1. The number of amides is 1. The summed E-state index contributed by atoms with van der Waals surface area (Å²) in [5, 5.41) is 11.2. The number of hydrogen-bond acceptors (Lipinski definition) is 4. The molecule has 0 saturated heterocycles. The van der Waals surface area contributed by atoms with Gasteiger partial charge in [0.15, 0.2) is 0 Å². The van der Waals surface area contributed by atoms with Gasteiger partial charge in [-0.3, -0.25) is 0 Å². The van der Waals surface area contributed by atoms with E-state index in [0.29, 0.717) is 13.7 Å². The van der Waals surface area contributed by atoms with Crippen molar-refractivity contribution >= 4 is 19.2 Å². The topological polar surface area (TPSA) is 95.9 Å². The van der Waals surface area contributed by atoms with Gasteiger partial charge in [-0.25, -0.2) is 0 Å². The molecule has 1 amide bonds. The van der Waals surface area contributed by atoms with Crippen LogP contribution in [0.5, 0.6) is 0 Å². The van der Waals surface area contributed by atoms with Crippen LogP contribution < -0.4 is 10.6 Å². The molecule has 0 bridgehead atoms. The second kappa shape index (κ2) is 8.21. The zero-order valence-corrected chi connectivity index (χ0v) is 11.6. The van der Waals surface area contributed by atoms with Gasteiger partial charge in [-0.2, -0.15) is 0 Å². The zero-order chi connectivity index (χ0) is 15.0. The van der Waals surface area contributed by atoms with Crippen molar-refractivity contribution in [1.82, 2.24) is 5.32 Å². The maximum absolute atomic E-state index is 11.9. The zero-order valence-electron chi connectivity index (χ0n) is 11.6. The van der Waals surface area contributed by atoms with Crippen LogP contribution in [0.15, 0.2) is 30.3 Å². The predicted molar refractivity (Wildman–Crippen MR) is 74.0 cm³/mol. The molecule has 0 heterocycles. The number of rotatable bonds is 7. The van der Waals surface area contributed by atoms with E-state index < -0.39 is 12.0 Å². The number of benzene rings is 1. The van der Waals surface area contributed by atoms with Crippen molar-refractivity contribution in [3.8, 4) is 0 Å². The van der Waals surface area contributed by atoms with E-state index in [4.69, 9.17) is 5.31 Å². The average Bonchev–Trinajstić information content (AvgIpc) is 2.46. The van der Waals surface area contributed by atoms with Gasteiger partial charge >= 0.3 is 118 Å². The fourth-order valence-electron chi connectivity index (χ4n) is 1.64. The molecule has 1 rings (SSSR count). The van der Waals surface area contributed by atoms with Crippen molar-refractivity contribution in [2.75, 3.05) is 7.05 Å². The van der Waals surface area contributed by atoms with Crippen LogP contribution in [0.25, 0.3) is 0 Å². The molecule has 0 aliphatic carbocycles. The number of quaternary nitrogens is 1. The van der Waals surface area contributed by atoms with Gasteiger partial charge in [-0.05, 0) is 0 Å². The van der Waals surface area contributed by atoms with Crippen LogP contribution in [0.1, 0.15) is 12.5 Å². The molecular formula is C13H19BN3O3+. The van der Waals surface area contributed by atoms with E-state index >= 15 is 0 Å². The van der Waals surface area contributed by atoms with Crippen LogP contribution in [-0.2, 0) is 20.7 Å². The van der Waals surface area contributed by atoms with Crippen LogP contribution in [0.2, 0.25) is 0 Å². The fraction of sp³-hybridized carbons (Fsp3) is 0.385. The van der Waals surface area contributed by atoms with Gasteiger partial charge in [0.25, 0.3) is 0 Å². The predicted octanol–water partition coefficient (Wildman–Crippen LogP) is -0.780. The molecule has 0 fully saturated rings. The number of likely N-dealkylation sites (N-methyl/N-ethyl adjacent to an activating group) is 1. The summed E-state index contributed by atoms with van der Waals surface area (Å²) in [6.45, 7) is 1.75. The molecule has 0 spiro atoms. The third-order valence-electron chi connectivity index (χ3n) is 2.97. The summed E-state index contributed by atoms with van der Waals surface area (Å²) >= 11 is 0. The molecule has 4 N–H and O–H groups in total. The SMILES string of the molecule is C[NH2+][C@H](C)C(=O)N[C@H](Cc1ccccc1)C(=O)OB=N. The molecule has 7 heteroatoms. The van der Waals surface area contributed by atoms with Crippen molar-refractivity contribution in [2.24, 2.45) is 0 Å². The molecule has 2 atom stereocenters. The number of hydrogen-bond donors (Lipinski definition) is 3. The Morgan fingerprint density at radius 1 is 1.40 bits per heavy atom. The van der Waals surface area contributed by atoms with E-state index in [1.54, 1.807) is 19.3 Å². The molecular weight excluding hydrogens is 257 g/mol. The first-order valence-corrected chi connectivity index (χ1v) is 6.41. The Bertz CT molecular complexity index is 467. The first kappa shape index (κ1) is 16.0. The van der Waals surface area contributed by atoms with Gasteiger partial charge in [0.05, 0.1) is 0 Å². The molecule has 6 nitrogen and oxygen atoms in total. The third kappa shape index (κ3) is 4.93. The van der Waals surface area contributed by atoms with Gasteiger partial charge in [0, 0.05) is 0 Å². The van der Waals surface area contributed by atoms with E-state index in [9.17, 15) is 9.59 Å². The van der Waals surface area contributed by atoms with Crippen molar-refractivity contribution in [2.45, 2.75) is 25.4 Å². The summed E-state index contributed by atoms with van der Waals surface area (Å²) in [5.41, 5.74) is 0.910. The van der Waals surface area contributed by atoms with Crippen LogP contribution in [0.3, 0.4) is 0 Å². The van der Waals surface area contributed by atoms with Crippen molar-refractivity contribution in [3.63, 3.8) is 0 Å². The van der Waals surface area contributed by atoms with Gasteiger partial charge < -0.3 is 0 Å². The Balaban J connectivity index is 2.77. The molecule has 0 saturated carbocycles. The first-order chi connectivity index (χ1) is 9.58. The van der Waals surface area contributed by atoms with Crippen molar-refractivity contribution in [1.29, 1.82) is 5.31 Å². The molecule has 0 radical (unpaired) electrons. The Labute approximate surface area is 118 Å². The van der Waals surface area contributed by atoms with Crippen molar-refractivity contribution in [3.05, 3.63) is 35.9 Å². The standard InChI is InChI=1S/C13H18BN3O3/c1-9(16-2)12(18)17-11(13(19)20-14-15)8-10-6-4-3-5-7-10/h3-7,9,11,15-16H,8H2,1-2H3,(H,17,18)/p+1/t9-,11-/m1/s1. The monoisotopic (exact) mass is 276 g/mol. The van der Waals surface area contributed by atoms with Gasteiger partial charge in [0.2, 0.25) is 0 Å². The average molecular weight is 276 g/mol. The van der Waals surface area contributed by atoms with Crippen LogP contribution in [0.4, 0.5) is 0 Å². The van der Waals surface area contributed by atoms with E-state index in [1.165, 1.54) is 0 Å². The molecule has 0 aliphatic heterocycles. The Kier molecular flexibility index (Phi) is 6.59.